The summed E-state index contributed by atoms with van der Waals surface area (Å²) < 4.78 is 0. The number of piperazine rings is 1. The molecule has 0 unspecified atom stereocenters. The van der Waals surface area contributed by atoms with Crippen molar-refractivity contribution in [3.63, 3.8) is 0 Å². The number of benzene rings is 1. The molecule has 98 valence electrons. The number of amides is 1. The van der Waals surface area contributed by atoms with E-state index in [2.05, 4.69) is 11.8 Å². The van der Waals surface area contributed by atoms with E-state index in [0.29, 0.717) is 15.6 Å². The van der Waals surface area contributed by atoms with Crippen LogP contribution in [0.25, 0.3) is 0 Å². The third-order valence-electron chi connectivity index (χ3n) is 3.22. The molecule has 18 heavy (non-hydrogen) atoms. The van der Waals surface area contributed by atoms with Gasteiger partial charge in [0.25, 0.3) is 5.91 Å². The Morgan fingerprint density at radius 1 is 1.11 bits per heavy atom. The number of nitrogens with zero attached hydrogens (tertiary/aromatic N) is 2. The van der Waals surface area contributed by atoms with Crippen molar-refractivity contribution in [3.8, 4) is 0 Å². The lowest BCUT2D eigenvalue weighted by atomic mass is 10.2. The predicted octanol–water partition coefficient (Wildman–Crippen LogP) is 2.77. The molecule has 1 fully saturated rings. The van der Waals surface area contributed by atoms with Crippen LogP contribution >= 0.6 is 23.2 Å². The van der Waals surface area contributed by atoms with Gasteiger partial charge in [-0.3, -0.25) is 4.79 Å². The van der Waals surface area contributed by atoms with Gasteiger partial charge in [0.2, 0.25) is 0 Å². The first-order chi connectivity index (χ1) is 8.60. The second-order valence-corrected chi connectivity index (χ2v) is 5.26. The van der Waals surface area contributed by atoms with Crippen molar-refractivity contribution in [1.29, 1.82) is 0 Å². The molecule has 1 saturated heterocycles. The lowest BCUT2D eigenvalue weighted by molar-refractivity contribution is 0.0643. The van der Waals surface area contributed by atoms with Gasteiger partial charge in [-0.15, -0.1) is 0 Å². The summed E-state index contributed by atoms with van der Waals surface area (Å²) in [5.74, 6) is 0.00940. The summed E-state index contributed by atoms with van der Waals surface area (Å²) in [4.78, 5) is 16.5. The van der Waals surface area contributed by atoms with E-state index in [1.54, 1.807) is 18.2 Å². The molecule has 5 heteroatoms. The highest BCUT2D eigenvalue weighted by atomic mass is 35.5. The molecule has 1 aliphatic heterocycles. The molecular weight excluding hydrogens is 271 g/mol. The topological polar surface area (TPSA) is 23.6 Å². The van der Waals surface area contributed by atoms with Gasteiger partial charge in [0.1, 0.15) is 0 Å². The Kier molecular flexibility index (Phi) is 4.49. The molecule has 0 aliphatic carbocycles. The van der Waals surface area contributed by atoms with Crippen molar-refractivity contribution in [2.45, 2.75) is 6.92 Å². The molecule has 0 atom stereocenters. The van der Waals surface area contributed by atoms with Crippen LogP contribution in [-0.4, -0.2) is 48.4 Å². The number of hydrogen-bond acceptors (Lipinski definition) is 2. The summed E-state index contributed by atoms with van der Waals surface area (Å²) in [6.07, 6.45) is 0. The zero-order valence-electron chi connectivity index (χ0n) is 10.3. The van der Waals surface area contributed by atoms with Gasteiger partial charge >= 0.3 is 0 Å². The van der Waals surface area contributed by atoms with Gasteiger partial charge in [-0.1, -0.05) is 30.1 Å². The van der Waals surface area contributed by atoms with Crippen molar-refractivity contribution < 1.29 is 4.79 Å². The van der Waals surface area contributed by atoms with Crippen LogP contribution in [0, 0.1) is 0 Å². The molecule has 0 saturated carbocycles. The first-order valence-corrected chi connectivity index (χ1v) is 6.83. The van der Waals surface area contributed by atoms with E-state index in [9.17, 15) is 4.79 Å². The van der Waals surface area contributed by atoms with Crippen LogP contribution in [0.3, 0.4) is 0 Å². The van der Waals surface area contributed by atoms with Crippen LogP contribution in [0.5, 0.6) is 0 Å². The van der Waals surface area contributed by atoms with Gasteiger partial charge in [0.05, 0.1) is 0 Å². The highest BCUT2D eigenvalue weighted by Crippen LogP contribution is 2.20. The quantitative estimate of drug-likeness (QED) is 0.835. The largest absolute Gasteiger partial charge is 0.336 e. The summed E-state index contributed by atoms with van der Waals surface area (Å²) in [5, 5.41) is 0.996. The minimum Gasteiger partial charge on any atom is -0.336 e. The molecule has 1 heterocycles. The SMILES string of the molecule is CCN1CCN(C(=O)c2cc(Cl)cc(Cl)c2)CC1. The van der Waals surface area contributed by atoms with E-state index in [1.807, 2.05) is 4.90 Å². The third kappa shape index (κ3) is 3.16. The Hall–Kier alpha value is -0.770. The molecule has 0 aromatic heterocycles. The molecule has 2 rings (SSSR count). The van der Waals surface area contributed by atoms with Gasteiger partial charge < -0.3 is 9.80 Å². The Labute approximate surface area is 117 Å². The Balaban J connectivity index is 2.07. The molecule has 0 N–H and O–H groups in total. The number of likely N-dealkylation sites (N-methyl/N-ethyl adjacent to an activating group) is 1. The molecular formula is C13H16Cl2N2O. The number of hydrogen-bond donors (Lipinski definition) is 0. The Morgan fingerprint density at radius 2 is 1.67 bits per heavy atom. The monoisotopic (exact) mass is 286 g/mol. The van der Waals surface area contributed by atoms with Crippen LogP contribution in [0.4, 0.5) is 0 Å². The maximum Gasteiger partial charge on any atom is 0.254 e. The maximum absolute atomic E-state index is 12.3. The molecule has 3 nitrogen and oxygen atoms in total. The highest BCUT2D eigenvalue weighted by molar-refractivity contribution is 6.35. The van der Waals surface area contributed by atoms with Crippen LogP contribution in [0.2, 0.25) is 10.0 Å². The van der Waals surface area contributed by atoms with Crippen molar-refractivity contribution in [1.82, 2.24) is 9.80 Å². The number of carbonyl (C=O) groups is 1. The second kappa shape index (κ2) is 5.91. The summed E-state index contributed by atoms with van der Waals surface area (Å²) in [6, 6.07) is 4.97. The number of halogens is 2. The lowest BCUT2D eigenvalue weighted by Gasteiger charge is -2.34. The summed E-state index contributed by atoms with van der Waals surface area (Å²) in [5.41, 5.74) is 0.567. The van der Waals surface area contributed by atoms with Gasteiger partial charge in [-0.05, 0) is 24.7 Å². The highest BCUT2D eigenvalue weighted by Gasteiger charge is 2.21. The van der Waals surface area contributed by atoms with Gasteiger partial charge in [0.15, 0.2) is 0 Å². The first kappa shape index (κ1) is 13.7. The number of carbonyl (C=O) groups excluding carboxylic acids is 1. The molecule has 0 radical (unpaired) electrons. The smallest absolute Gasteiger partial charge is 0.254 e. The number of rotatable bonds is 2. The fourth-order valence-electron chi connectivity index (χ4n) is 2.13. The lowest BCUT2D eigenvalue weighted by Crippen LogP contribution is -2.48. The predicted molar refractivity (Wildman–Crippen MR) is 74.5 cm³/mol. The molecule has 1 amide bonds. The second-order valence-electron chi connectivity index (χ2n) is 4.38. The fourth-order valence-corrected chi connectivity index (χ4v) is 2.65. The van der Waals surface area contributed by atoms with Crippen LogP contribution in [0.15, 0.2) is 18.2 Å². The van der Waals surface area contributed by atoms with Crippen LogP contribution in [-0.2, 0) is 0 Å². The fraction of sp³-hybridized carbons (Fsp3) is 0.462. The average molecular weight is 287 g/mol. The minimum atomic E-state index is 0.00940. The van der Waals surface area contributed by atoms with Crippen molar-refractivity contribution in [2.24, 2.45) is 0 Å². The summed E-state index contributed by atoms with van der Waals surface area (Å²) >= 11 is 11.8. The standard InChI is InChI=1S/C13H16Cl2N2O/c1-2-16-3-5-17(6-4-16)13(18)10-7-11(14)9-12(15)8-10/h7-9H,2-6H2,1H3. The third-order valence-corrected chi connectivity index (χ3v) is 3.65. The van der Waals surface area contributed by atoms with E-state index < -0.39 is 0 Å². The van der Waals surface area contributed by atoms with Crippen LogP contribution < -0.4 is 0 Å². The van der Waals surface area contributed by atoms with Gasteiger partial charge in [0, 0.05) is 41.8 Å². The Bertz CT molecular complexity index is 422. The minimum absolute atomic E-state index is 0.00940. The maximum atomic E-state index is 12.3. The van der Waals surface area contributed by atoms with Gasteiger partial charge in [-0.25, -0.2) is 0 Å². The molecule has 1 aliphatic rings. The molecule has 0 spiro atoms. The van der Waals surface area contributed by atoms with Crippen molar-refractivity contribution in [2.75, 3.05) is 32.7 Å². The van der Waals surface area contributed by atoms with E-state index >= 15 is 0 Å². The first-order valence-electron chi connectivity index (χ1n) is 6.08. The van der Waals surface area contributed by atoms with Crippen molar-refractivity contribution in [3.05, 3.63) is 33.8 Å². The zero-order valence-corrected chi connectivity index (χ0v) is 11.8. The van der Waals surface area contributed by atoms with E-state index in [0.717, 1.165) is 32.7 Å². The van der Waals surface area contributed by atoms with Crippen LogP contribution in [0.1, 0.15) is 17.3 Å². The molecule has 0 bridgehead atoms. The zero-order chi connectivity index (χ0) is 13.1. The summed E-state index contributed by atoms with van der Waals surface area (Å²) in [6.45, 7) is 6.54. The molecule has 1 aromatic carbocycles. The average Bonchev–Trinajstić information content (AvgIpc) is 2.37. The van der Waals surface area contributed by atoms with E-state index in [1.165, 1.54) is 0 Å². The molecule has 1 aromatic rings. The summed E-state index contributed by atoms with van der Waals surface area (Å²) in [7, 11) is 0. The normalized spacial score (nSPS) is 16.9. The van der Waals surface area contributed by atoms with Crippen molar-refractivity contribution >= 4 is 29.1 Å². The Morgan fingerprint density at radius 3 is 2.17 bits per heavy atom. The van der Waals surface area contributed by atoms with E-state index in [-0.39, 0.29) is 5.91 Å². The van der Waals surface area contributed by atoms with Gasteiger partial charge in [-0.2, -0.15) is 0 Å². The van der Waals surface area contributed by atoms with E-state index in [4.69, 9.17) is 23.2 Å².